The average Bonchev–Trinajstić information content (AvgIpc) is 2.74. The fourth-order valence-corrected chi connectivity index (χ4v) is 2.51. The average molecular weight is 269 g/mol. The molecule has 2 fully saturated rings. The molecule has 2 saturated heterocycles. The first-order chi connectivity index (χ1) is 8.65. The van der Waals surface area contributed by atoms with Crippen molar-refractivity contribution in [3.05, 3.63) is 17.3 Å². The molecule has 2 N–H and O–H groups in total. The number of carbonyl (C=O) groups excluding carboxylic acids is 1. The number of anilines is 2. The van der Waals surface area contributed by atoms with Gasteiger partial charge in [-0.3, -0.25) is 4.90 Å². The summed E-state index contributed by atoms with van der Waals surface area (Å²) in [5.41, 5.74) is 6.51. The zero-order chi connectivity index (χ0) is 12.7. The van der Waals surface area contributed by atoms with Crippen molar-refractivity contribution in [1.82, 2.24) is 9.88 Å². The van der Waals surface area contributed by atoms with E-state index in [4.69, 9.17) is 22.1 Å². The Bertz CT molecular complexity index is 496. The van der Waals surface area contributed by atoms with E-state index in [1.807, 2.05) is 4.90 Å². The maximum atomic E-state index is 11.4. The van der Waals surface area contributed by atoms with E-state index >= 15 is 0 Å². The van der Waals surface area contributed by atoms with Crippen LogP contribution in [0.5, 0.6) is 0 Å². The van der Waals surface area contributed by atoms with Crippen molar-refractivity contribution in [3.8, 4) is 0 Å². The molecule has 0 saturated carbocycles. The summed E-state index contributed by atoms with van der Waals surface area (Å²) in [6.07, 6.45) is -0.230. The van der Waals surface area contributed by atoms with Crippen LogP contribution < -0.4 is 10.6 Å². The first-order valence-corrected chi connectivity index (χ1v) is 6.13. The van der Waals surface area contributed by atoms with Crippen molar-refractivity contribution in [2.24, 2.45) is 0 Å². The van der Waals surface area contributed by atoms with Crippen LogP contribution in [-0.4, -0.2) is 48.3 Å². The van der Waals surface area contributed by atoms with Crippen molar-refractivity contribution in [2.45, 2.75) is 6.04 Å². The SMILES string of the molecule is Nc1ccc(Cl)nc1N1CCN2C(=O)OCC2C1. The summed E-state index contributed by atoms with van der Waals surface area (Å²) in [7, 11) is 0. The molecule has 1 aromatic heterocycles. The molecule has 1 aromatic rings. The fourth-order valence-electron chi connectivity index (χ4n) is 2.37. The lowest BCUT2D eigenvalue weighted by Gasteiger charge is -2.36. The van der Waals surface area contributed by atoms with Gasteiger partial charge >= 0.3 is 6.09 Å². The van der Waals surface area contributed by atoms with Gasteiger partial charge in [0.05, 0.1) is 11.7 Å². The summed E-state index contributed by atoms with van der Waals surface area (Å²) in [4.78, 5) is 19.4. The second-order valence-electron chi connectivity index (χ2n) is 4.42. The number of ether oxygens (including phenoxy) is 1. The van der Waals surface area contributed by atoms with Gasteiger partial charge in [0.2, 0.25) is 0 Å². The van der Waals surface area contributed by atoms with E-state index in [0.717, 1.165) is 0 Å². The van der Waals surface area contributed by atoms with E-state index < -0.39 is 0 Å². The molecule has 0 aliphatic carbocycles. The number of amides is 1. The van der Waals surface area contributed by atoms with Crippen LogP contribution in [0, 0.1) is 0 Å². The highest BCUT2D eigenvalue weighted by molar-refractivity contribution is 6.29. The molecular weight excluding hydrogens is 256 g/mol. The first-order valence-electron chi connectivity index (χ1n) is 5.75. The van der Waals surface area contributed by atoms with Crippen LogP contribution in [0.25, 0.3) is 0 Å². The minimum absolute atomic E-state index is 0.0754. The zero-order valence-electron chi connectivity index (χ0n) is 9.67. The van der Waals surface area contributed by atoms with Crippen LogP contribution in [0.2, 0.25) is 5.15 Å². The number of nitrogens with two attached hydrogens (primary N) is 1. The molecule has 18 heavy (non-hydrogen) atoms. The number of hydrogen-bond acceptors (Lipinski definition) is 5. The molecule has 0 bridgehead atoms. The van der Waals surface area contributed by atoms with E-state index in [-0.39, 0.29) is 12.1 Å². The van der Waals surface area contributed by atoms with E-state index in [2.05, 4.69) is 4.98 Å². The number of nitrogens with zero attached hydrogens (tertiary/aromatic N) is 3. The number of aromatic nitrogens is 1. The Morgan fingerprint density at radius 1 is 1.44 bits per heavy atom. The van der Waals surface area contributed by atoms with Gasteiger partial charge in [-0.05, 0) is 12.1 Å². The number of fused-ring (bicyclic) bond motifs is 1. The number of rotatable bonds is 1. The highest BCUT2D eigenvalue weighted by Gasteiger charge is 2.38. The molecule has 1 unspecified atom stereocenters. The number of piperazine rings is 1. The van der Waals surface area contributed by atoms with Gasteiger partial charge in [-0.2, -0.15) is 0 Å². The molecule has 0 spiro atoms. The number of nitrogen functional groups attached to an aromatic ring is 1. The van der Waals surface area contributed by atoms with E-state index in [1.54, 1.807) is 17.0 Å². The predicted octanol–water partition coefficient (Wildman–Crippen LogP) is 0.958. The number of halogens is 1. The second-order valence-corrected chi connectivity index (χ2v) is 4.80. The molecule has 96 valence electrons. The van der Waals surface area contributed by atoms with Gasteiger partial charge in [-0.15, -0.1) is 0 Å². The van der Waals surface area contributed by atoms with Crippen LogP contribution in [0.4, 0.5) is 16.3 Å². The number of hydrogen-bond donors (Lipinski definition) is 1. The Morgan fingerprint density at radius 2 is 2.28 bits per heavy atom. The Kier molecular flexibility index (Phi) is 2.66. The van der Waals surface area contributed by atoms with Gasteiger partial charge in [0.15, 0.2) is 5.82 Å². The van der Waals surface area contributed by atoms with Crippen LogP contribution >= 0.6 is 11.6 Å². The summed E-state index contributed by atoms with van der Waals surface area (Å²) < 4.78 is 5.02. The third-order valence-electron chi connectivity index (χ3n) is 3.29. The first kappa shape index (κ1) is 11.4. The largest absolute Gasteiger partial charge is 0.447 e. The maximum absolute atomic E-state index is 11.4. The molecule has 0 radical (unpaired) electrons. The smallest absolute Gasteiger partial charge is 0.410 e. The van der Waals surface area contributed by atoms with Gasteiger partial charge < -0.3 is 15.4 Å². The maximum Gasteiger partial charge on any atom is 0.410 e. The van der Waals surface area contributed by atoms with Crippen molar-refractivity contribution in [1.29, 1.82) is 0 Å². The number of pyridine rings is 1. The summed E-state index contributed by atoms with van der Waals surface area (Å²) in [6, 6.07) is 3.48. The van der Waals surface area contributed by atoms with Crippen LogP contribution in [0.1, 0.15) is 0 Å². The molecule has 0 aromatic carbocycles. The van der Waals surface area contributed by atoms with E-state index in [9.17, 15) is 4.79 Å². The Hall–Kier alpha value is -1.69. The number of carbonyl (C=O) groups is 1. The molecule has 7 heteroatoms. The van der Waals surface area contributed by atoms with Crippen molar-refractivity contribution >= 4 is 29.2 Å². The Labute approximate surface area is 109 Å². The van der Waals surface area contributed by atoms with Gasteiger partial charge in [0.1, 0.15) is 11.8 Å². The molecule has 3 heterocycles. The predicted molar refractivity (Wildman–Crippen MR) is 67.7 cm³/mol. The lowest BCUT2D eigenvalue weighted by atomic mass is 10.2. The number of cyclic esters (lactones) is 1. The van der Waals surface area contributed by atoms with Crippen LogP contribution in [-0.2, 0) is 4.74 Å². The zero-order valence-corrected chi connectivity index (χ0v) is 10.4. The minimum atomic E-state index is -0.230. The third kappa shape index (κ3) is 1.82. The molecule has 2 aliphatic rings. The highest BCUT2D eigenvalue weighted by atomic mass is 35.5. The topological polar surface area (TPSA) is 71.7 Å². The summed E-state index contributed by atoms with van der Waals surface area (Å²) in [5, 5.41) is 0.417. The third-order valence-corrected chi connectivity index (χ3v) is 3.50. The van der Waals surface area contributed by atoms with Crippen LogP contribution in [0.15, 0.2) is 12.1 Å². The summed E-state index contributed by atoms with van der Waals surface area (Å²) in [6.45, 7) is 2.40. The molecule has 2 aliphatic heterocycles. The van der Waals surface area contributed by atoms with Crippen molar-refractivity contribution in [3.63, 3.8) is 0 Å². The van der Waals surface area contributed by atoms with Gasteiger partial charge in [-0.25, -0.2) is 9.78 Å². The second kappa shape index (κ2) is 4.20. The van der Waals surface area contributed by atoms with Crippen molar-refractivity contribution in [2.75, 3.05) is 36.9 Å². The molecule has 3 rings (SSSR count). The fraction of sp³-hybridized carbons (Fsp3) is 0.455. The van der Waals surface area contributed by atoms with Gasteiger partial charge in [-0.1, -0.05) is 11.6 Å². The molecule has 1 atom stereocenters. The monoisotopic (exact) mass is 268 g/mol. The lowest BCUT2D eigenvalue weighted by molar-refractivity contribution is 0.157. The molecular formula is C11H13ClN4O2. The van der Waals surface area contributed by atoms with E-state index in [1.165, 1.54) is 0 Å². The van der Waals surface area contributed by atoms with Gasteiger partial charge in [0, 0.05) is 19.6 Å². The molecule has 6 nitrogen and oxygen atoms in total. The summed E-state index contributed by atoms with van der Waals surface area (Å²) >= 11 is 5.89. The van der Waals surface area contributed by atoms with Gasteiger partial charge in [0.25, 0.3) is 0 Å². The van der Waals surface area contributed by atoms with Crippen molar-refractivity contribution < 1.29 is 9.53 Å². The highest BCUT2D eigenvalue weighted by Crippen LogP contribution is 2.27. The van der Waals surface area contributed by atoms with Crippen LogP contribution in [0.3, 0.4) is 0 Å². The minimum Gasteiger partial charge on any atom is -0.447 e. The normalized spacial score (nSPS) is 22.9. The standard InChI is InChI=1S/C11H13ClN4O2/c12-9-2-1-8(13)10(14-9)15-3-4-16-7(5-15)6-18-11(16)17/h1-2,7H,3-6,13H2. The Balaban J connectivity index is 1.82. The summed E-state index contributed by atoms with van der Waals surface area (Å²) in [5.74, 6) is 0.682. The lowest BCUT2D eigenvalue weighted by Crippen LogP contribution is -2.52. The Morgan fingerprint density at radius 3 is 3.11 bits per heavy atom. The quantitative estimate of drug-likeness (QED) is 0.768. The molecule has 1 amide bonds. The van der Waals surface area contributed by atoms with E-state index in [0.29, 0.717) is 42.9 Å².